The van der Waals surface area contributed by atoms with Crippen molar-refractivity contribution in [3.63, 3.8) is 0 Å². The number of alkyl halides is 3. The maximum absolute atomic E-state index is 12.5. The number of nitrogens with two attached hydrogens (primary N) is 1. The first-order valence-corrected chi connectivity index (χ1v) is 3.98. The summed E-state index contributed by atoms with van der Waals surface area (Å²) in [5, 5.41) is 3.17. The molecule has 0 spiro atoms. The molecule has 0 saturated carbocycles. The second kappa shape index (κ2) is 4.20. The van der Waals surface area contributed by atoms with Gasteiger partial charge in [-0.05, 0) is 12.1 Å². The molecule has 2 N–H and O–H groups in total. The topological polar surface area (TPSA) is 47.6 Å². The van der Waals surface area contributed by atoms with E-state index in [2.05, 4.69) is 9.84 Å². The monoisotopic (exact) mass is 218 g/mol. The molecular weight excluding hydrogens is 209 g/mol. The minimum Gasteiger partial charge on any atom is -0.495 e. The van der Waals surface area contributed by atoms with Crippen molar-refractivity contribution < 1.29 is 17.9 Å². The van der Waals surface area contributed by atoms with Gasteiger partial charge >= 0.3 is 6.18 Å². The first kappa shape index (κ1) is 11.4. The van der Waals surface area contributed by atoms with Crippen molar-refractivity contribution in [3.05, 3.63) is 29.3 Å². The zero-order chi connectivity index (χ0) is 11.5. The Hall–Kier alpha value is -1.72. The number of hydrogen-bond acceptors (Lipinski definition) is 3. The van der Waals surface area contributed by atoms with E-state index in [1.54, 1.807) is 0 Å². The van der Waals surface area contributed by atoms with E-state index in [9.17, 15) is 13.2 Å². The van der Waals surface area contributed by atoms with E-state index in [-0.39, 0.29) is 11.3 Å². The van der Waals surface area contributed by atoms with Gasteiger partial charge in [-0.25, -0.2) is 0 Å². The molecule has 0 amide bonds. The lowest BCUT2D eigenvalue weighted by atomic mass is 10.1. The summed E-state index contributed by atoms with van der Waals surface area (Å²) in [6, 6.07) is 3.64. The van der Waals surface area contributed by atoms with E-state index in [1.165, 1.54) is 19.2 Å². The molecule has 1 aromatic rings. The molecule has 0 heterocycles. The van der Waals surface area contributed by atoms with Crippen molar-refractivity contribution in [1.29, 1.82) is 0 Å². The summed E-state index contributed by atoms with van der Waals surface area (Å²) < 4.78 is 42.2. The zero-order valence-corrected chi connectivity index (χ0v) is 7.88. The van der Waals surface area contributed by atoms with Crippen LogP contribution in [0.4, 0.5) is 13.2 Å². The standard InChI is InChI=1S/C9H9F3N2O/c1-15-8-6(5-14-13)3-2-4-7(8)9(10,11)12/h2-5H,13H2,1H3. The van der Waals surface area contributed by atoms with E-state index < -0.39 is 11.7 Å². The number of para-hydroxylation sites is 1. The van der Waals surface area contributed by atoms with Crippen LogP contribution in [0.1, 0.15) is 11.1 Å². The fraction of sp³-hybridized carbons (Fsp3) is 0.222. The highest BCUT2D eigenvalue weighted by Crippen LogP contribution is 2.37. The maximum Gasteiger partial charge on any atom is 0.419 e. The van der Waals surface area contributed by atoms with Crippen LogP contribution < -0.4 is 10.6 Å². The SMILES string of the molecule is COc1c(C=NN)cccc1C(F)(F)F. The van der Waals surface area contributed by atoms with Gasteiger partial charge < -0.3 is 10.6 Å². The van der Waals surface area contributed by atoms with Gasteiger partial charge in [0, 0.05) is 5.56 Å². The number of nitrogens with zero attached hydrogens (tertiary/aromatic N) is 1. The second-order valence-corrected chi connectivity index (χ2v) is 2.70. The molecular formula is C9H9F3N2O. The largest absolute Gasteiger partial charge is 0.495 e. The van der Waals surface area contributed by atoms with Crippen molar-refractivity contribution in [2.45, 2.75) is 6.18 Å². The Balaban J connectivity index is 3.35. The molecule has 0 saturated heterocycles. The summed E-state index contributed by atoms with van der Waals surface area (Å²) in [4.78, 5) is 0. The Morgan fingerprint density at radius 2 is 2.07 bits per heavy atom. The average molecular weight is 218 g/mol. The third kappa shape index (κ3) is 2.39. The van der Waals surface area contributed by atoms with Gasteiger partial charge in [-0.1, -0.05) is 6.07 Å². The maximum atomic E-state index is 12.5. The van der Waals surface area contributed by atoms with E-state index in [4.69, 9.17) is 5.84 Å². The number of hydrogen-bond donors (Lipinski definition) is 1. The molecule has 3 nitrogen and oxygen atoms in total. The van der Waals surface area contributed by atoms with E-state index in [0.717, 1.165) is 12.3 Å². The van der Waals surface area contributed by atoms with Gasteiger partial charge in [0.2, 0.25) is 0 Å². The average Bonchev–Trinajstić information content (AvgIpc) is 2.16. The van der Waals surface area contributed by atoms with Crippen molar-refractivity contribution in [2.24, 2.45) is 10.9 Å². The molecule has 0 atom stereocenters. The van der Waals surface area contributed by atoms with Crippen LogP contribution in [0, 0.1) is 0 Å². The third-order valence-electron chi connectivity index (χ3n) is 1.77. The van der Waals surface area contributed by atoms with Crippen LogP contribution in [0.15, 0.2) is 23.3 Å². The molecule has 0 radical (unpaired) electrons. The molecule has 0 aliphatic heterocycles. The second-order valence-electron chi connectivity index (χ2n) is 2.70. The highest BCUT2D eigenvalue weighted by atomic mass is 19.4. The Morgan fingerprint density at radius 3 is 2.53 bits per heavy atom. The Kier molecular flexibility index (Phi) is 3.18. The summed E-state index contributed by atoms with van der Waals surface area (Å²) in [6.07, 6.45) is -3.35. The van der Waals surface area contributed by atoms with E-state index in [1.807, 2.05) is 0 Å². The van der Waals surface area contributed by atoms with Crippen LogP contribution in [-0.2, 0) is 6.18 Å². The van der Waals surface area contributed by atoms with Gasteiger partial charge in [0.15, 0.2) is 0 Å². The lowest BCUT2D eigenvalue weighted by Gasteiger charge is -2.13. The molecule has 0 bridgehead atoms. The van der Waals surface area contributed by atoms with Gasteiger partial charge in [-0.15, -0.1) is 0 Å². The molecule has 0 fully saturated rings. The quantitative estimate of drug-likeness (QED) is 0.469. The van der Waals surface area contributed by atoms with Crippen LogP contribution in [-0.4, -0.2) is 13.3 Å². The van der Waals surface area contributed by atoms with Gasteiger partial charge in [0.25, 0.3) is 0 Å². The fourth-order valence-corrected chi connectivity index (χ4v) is 1.19. The Morgan fingerprint density at radius 1 is 1.40 bits per heavy atom. The number of rotatable bonds is 2. The summed E-state index contributed by atoms with van der Waals surface area (Å²) in [5.41, 5.74) is -0.655. The van der Waals surface area contributed by atoms with Crippen molar-refractivity contribution in [1.82, 2.24) is 0 Å². The first-order chi connectivity index (χ1) is 7.00. The van der Waals surface area contributed by atoms with Crippen LogP contribution in [0.3, 0.4) is 0 Å². The number of benzene rings is 1. The highest BCUT2D eigenvalue weighted by molar-refractivity contribution is 5.84. The van der Waals surface area contributed by atoms with Crippen molar-refractivity contribution in [2.75, 3.05) is 7.11 Å². The predicted octanol–water partition coefficient (Wildman–Crippen LogP) is 2.01. The van der Waals surface area contributed by atoms with Crippen LogP contribution in [0.2, 0.25) is 0 Å². The van der Waals surface area contributed by atoms with Gasteiger partial charge in [-0.2, -0.15) is 18.3 Å². The summed E-state index contributed by atoms with van der Waals surface area (Å²) in [7, 11) is 1.17. The summed E-state index contributed by atoms with van der Waals surface area (Å²) in [5.74, 6) is 4.60. The van der Waals surface area contributed by atoms with Crippen molar-refractivity contribution >= 4 is 6.21 Å². The minimum atomic E-state index is -4.45. The minimum absolute atomic E-state index is 0.190. The van der Waals surface area contributed by atoms with Crippen LogP contribution in [0.25, 0.3) is 0 Å². The normalized spacial score (nSPS) is 12.0. The predicted molar refractivity (Wildman–Crippen MR) is 49.8 cm³/mol. The number of ether oxygens (including phenoxy) is 1. The fourth-order valence-electron chi connectivity index (χ4n) is 1.19. The molecule has 82 valence electrons. The van der Waals surface area contributed by atoms with Crippen LogP contribution >= 0.6 is 0 Å². The molecule has 0 aromatic heterocycles. The zero-order valence-electron chi connectivity index (χ0n) is 7.88. The molecule has 15 heavy (non-hydrogen) atoms. The van der Waals surface area contributed by atoms with Gasteiger partial charge in [-0.3, -0.25) is 0 Å². The molecule has 0 aliphatic carbocycles. The van der Waals surface area contributed by atoms with E-state index in [0.29, 0.717) is 0 Å². The van der Waals surface area contributed by atoms with Crippen molar-refractivity contribution in [3.8, 4) is 5.75 Å². The molecule has 0 aliphatic rings. The summed E-state index contributed by atoms with van der Waals surface area (Å²) >= 11 is 0. The van der Waals surface area contributed by atoms with Crippen LogP contribution in [0.5, 0.6) is 5.75 Å². The molecule has 6 heteroatoms. The lowest BCUT2D eigenvalue weighted by molar-refractivity contribution is -0.138. The van der Waals surface area contributed by atoms with Gasteiger partial charge in [0.1, 0.15) is 5.75 Å². The smallest absolute Gasteiger partial charge is 0.419 e. The molecule has 1 rings (SSSR count). The Bertz CT molecular complexity index is 374. The highest BCUT2D eigenvalue weighted by Gasteiger charge is 2.34. The number of methoxy groups -OCH3 is 1. The molecule has 1 aromatic carbocycles. The summed E-state index contributed by atoms with van der Waals surface area (Å²) in [6.45, 7) is 0. The Labute approximate surface area is 84.3 Å². The van der Waals surface area contributed by atoms with E-state index >= 15 is 0 Å². The third-order valence-corrected chi connectivity index (χ3v) is 1.77. The number of halogens is 3. The molecule has 0 unspecified atom stereocenters. The first-order valence-electron chi connectivity index (χ1n) is 3.98. The van der Waals surface area contributed by atoms with Gasteiger partial charge in [0.05, 0.1) is 18.9 Å². The number of hydrazone groups is 1. The lowest BCUT2D eigenvalue weighted by Crippen LogP contribution is -2.09.